The molecule has 0 bridgehead atoms. The number of rotatable bonds is 7. The van der Waals surface area contributed by atoms with Gasteiger partial charge in [-0.05, 0) is 23.3 Å². The molecule has 0 atom stereocenters. The summed E-state index contributed by atoms with van der Waals surface area (Å²) in [6.45, 7) is 4.55. The predicted molar refractivity (Wildman–Crippen MR) is 126 cm³/mol. The molecule has 32 heavy (non-hydrogen) atoms. The second kappa shape index (κ2) is 10.4. The van der Waals surface area contributed by atoms with Crippen molar-refractivity contribution in [2.24, 2.45) is 0 Å². The number of carbonyl (C=O) groups excluding carboxylic acids is 1. The molecule has 0 spiro atoms. The average Bonchev–Trinajstić information content (AvgIpc) is 2.81. The van der Waals surface area contributed by atoms with Gasteiger partial charge in [-0.2, -0.15) is 5.10 Å². The SMILES string of the molecule is O=C(Cn1nc(N2CCN(Cc3ccccc3)CC2)ccc1=O)NCc1ccccc1Cl. The van der Waals surface area contributed by atoms with E-state index in [9.17, 15) is 9.59 Å². The minimum atomic E-state index is -0.302. The molecule has 2 heterocycles. The highest BCUT2D eigenvalue weighted by molar-refractivity contribution is 6.31. The van der Waals surface area contributed by atoms with Gasteiger partial charge in [0.25, 0.3) is 5.56 Å². The van der Waals surface area contributed by atoms with Crippen LogP contribution in [0, 0.1) is 0 Å². The van der Waals surface area contributed by atoms with Crippen LogP contribution >= 0.6 is 11.6 Å². The summed E-state index contributed by atoms with van der Waals surface area (Å²) < 4.78 is 1.22. The Hall–Kier alpha value is -3.16. The van der Waals surface area contributed by atoms with Gasteiger partial charge >= 0.3 is 0 Å². The number of carbonyl (C=O) groups is 1. The Balaban J connectivity index is 1.33. The van der Waals surface area contributed by atoms with Crippen LogP contribution in [0.4, 0.5) is 5.82 Å². The van der Waals surface area contributed by atoms with E-state index in [1.165, 1.54) is 16.3 Å². The first-order chi connectivity index (χ1) is 15.6. The van der Waals surface area contributed by atoms with Crippen molar-refractivity contribution < 1.29 is 4.79 Å². The number of hydrogen-bond acceptors (Lipinski definition) is 5. The third-order valence-electron chi connectivity index (χ3n) is 5.53. The zero-order chi connectivity index (χ0) is 22.3. The van der Waals surface area contributed by atoms with Crippen LogP contribution in [-0.4, -0.2) is 46.8 Å². The monoisotopic (exact) mass is 451 g/mol. The molecule has 1 aliphatic heterocycles. The van der Waals surface area contributed by atoms with E-state index >= 15 is 0 Å². The van der Waals surface area contributed by atoms with Crippen molar-refractivity contribution in [3.63, 3.8) is 0 Å². The molecular formula is C24H26ClN5O2. The number of hydrogen-bond donors (Lipinski definition) is 1. The van der Waals surface area contributed by atoms with E-state index in [4.69, 9.17) is 11.6 Å². The maximum atomic E-state index is 12.4. The van der Waals surface area contributed by atoms with Crippen molar-refractivity contribution in [3.8, 4) is 0 Å². The van der Waals surface area contributed by atoms with Gasteiger partial charge in [0.2, 0.25) is 5.91 Å². The van der Waals surface area contributed by atoms with Crippen molar-refractivity contribution in [3.05, 3.63) is 93.2 Å². The van der Waals surface area contributed by atoms with Crippen LogP contribution in [0.2, 0.25) is 5.02 Å². The molecule has 2 aromatic carbocycles. The van der Waals surface area contributed by atoms with Gasteiger partial charge in [-0.3, -0.25) is 14.5 Å². The van der Waals surface area contributed by atoms with Crippen LogP contribution in [0.5, 0.6) is 0 Å². The average molecular weight is 452 g/mol. The largest absolute Gasteiger partial charge is 0.353 e. The molecule has 1 saturated heterocycles. The number of piperazine rings is 1. The first-order valence-electron chi connectivity index (χ1n) is 10.7. The fraction of sp³-hybridized carbons (Fsp3) is 0.292. The topological polar surface area (TPSA) is 70.5 Å². The quantitative estimate of drug-likeness (QED) is 0.597. The van der Waals surface area contributed by atoms with Crippen molar-refractivity contribution >= 4 is 23.3 Å². The summed E-state index contributed by atoms with van der Waals surface area (Å²) in [6.07, 6.45) is 0. The van der Waals surface area contributed by atoms with Crippen molar-refractivity contribution in [1.29, 1.82) is 0 Å². The van der Waals surface area contributed by atoms with Crippen LogP contribution in [0.1, 0.15) is 11.1 Å². The highest BCUT2D eigenvalue weighted by Crippen LogP contribution is 2.15. The second-order valence-corrected chi connectivity index (χ2v) is 8.21. The molecule has 1 aliphatic rings. The maximum Gasteiger partial charge on any atom is 0.267 e. The molecular weight excluding hydrogens is 426 g/mol. The third-order valence-corrected chi connectivity index (χ3v) is 5.89. The molecule has 1 fully saturated rings. The first-order valence-corrected chi connectivity index (χ1v) is 11.1. The van der Waals surface area contributed by atoms with Gasteiger partial charge in [0.1, 0.15) is 12.4 Å². The lowest BCUT2D eigenvalue weighted by Gasteiger charge is -2.35. The number of benzene rings is 2. The molecule has 8 heteroatoms. The minimum absolute atomic E-state index is 0.134. The van der Waals surface area contributed by atoms with E-state index in [-0.39, 0.29) is 18.0 Å². The molecule has 4 rings (SSSR count). The number of aromatic nitrogens is 2. The molecule has 7 nitrogen and oxygen atoms in total. The van der Waals surface area contributed by atoms with Crippen LogP contribution in [0.3, 0.4) is 0 Å². The summed E-state index contributed by atoms with van der Waals surface area (Å²) >= 11 is 6.13. The Bertz CT molecular complexity index is 1110. The minimum Gasteiger partial charge on any atom is -0.353 e. The summed E-state index contributed by atoms with van der Waals surface area (Å²) in [5, 5.41) is 7.84. The number of halogens is 1. The lowest BCUT2D eigenvalue weighted by Crippen LogP contribution is -2.46. The Kier molecular flexibility index (Phi) is 7.19. The lowest BCUT2D eigenvalue weighted by atomic mass is 10.2. The van der Waals surface area contributed by atoms with Crippen molar-refractivity contribution in [2.45, 2.75) is 19.6 Å². The second-order valence-electron chi connectivity index (χ2n) is 7.80. The van der Waals surface area contributed by atoms with Gasteiger partial charge in [0, 0.05) is 50.4 Å². The Morgan fingerprint density at radius 1 is 0.938 bits per heavy atom. The van der Waals surface area contributed by atoms with Gasteiger partial charge in [0.15, 0.2) is 0 Å². The predicted octanol–water partition coefficient (Wildman–Crippen LogP) is 2.54. The first kappa shape index (κ1) is 22.0. The van der Waals surface area contributed by atoms with Gasteiger partial charge in [-0.15, -0.1) is 0 Å². The van der Waals surface area contributed by atoms with Gasteiger partial charge in [0.05, 0.1) is 0 Å². The zero-order valence-corrected chi connectivity index (χ0v) is 18.5. The number of amides is 1. The molecule has 1 amide bonds. The molecule has 1 N–H and O–H groups in total. The summed E-state index contributed by atoms with van der Waals surface area (Å²) in [4.78, 5) is 29.2. The normalized spacial score (nSPS) is 14.3. The van der Waals surface area contributed by atoms with E-state index in [1.807, 2.05) is 24.3 Å². The lowest BCUT2D eigenvalue weighted by molar-refractivity contribution is -0.122. The highest BCUT2D eigenvalue weighted by atomic mass is 35.5. The molecule has 3 aromatic rings. The van der Waals surface area contributed by atoms with Crippen molar-refractivity contribution in [1.82, 2.24) is 20.0 Å². The molecule has 0 aliphatic carbocycles. The number of nitrogens with zero attached hydrogens (tertiary/aromatic N) is 4. The van der Waals surface area contributed by atoms with Crippen LogP contribution in [-0.2, 0) is 24.4 Å². The Morgan fingerprint density at radius 2 is 1.66 bits per heavy atom. The standard InChI is InChI=1S/C24H26ClN5O2/c25-21-9-5-4-8-20(21)16-26-23(31)18-30-24(32)11-10-22(27-30)29-14-12-28(13-15-29)17-19-6-2-1-3-7-19/h1-11H,12-18H2,(H,26,31). The summed E-state index contributed by atoms with van der Waals surface area (Å²) in [6, 6.07) is 21.0. The zero-order valence-electron chi connectivity index (χ0n) is 17.8. The van der Waals surface area contributed by atoms with E-state index in [0.29, 0.717) is 17.4 Å². The molecule has 1 aromatic heterocycles. The highest BCUT2D eigenvalue weighted by Gasteiger charge is 2.19. The Morgan fingerprint density at radius 3 is 2.41 bits per heavy atom. The van der Waals surface area contributed by atoms with E-state index in [2.05, 4.69) is 44.5 Å². The summed E-state index contributed by atoms with van der Waals surface area (Å²) in [7, 11) is 0. The maximum absolute atomic E-state index is 12.4. The smallest absolute Gasteiger partial charge is 0.267 e. The van der Waals surface area contributed by atoms with Crippen LogP contribution in [0.25, 0.3) is 0 Å². The number of anilines is 1. The third kappa shape index (κ3) is 5.75. The van der Waals surface area contributed by atoms with E-state index in [1.54, 1.807) is 12.1 Å². The van der Waals surface area contributed by atoms with E-state index in [0.717, 1.165) is 38.3 Å². The number of nitrogens with one attached hydrogen (secondary N) is 1. The van der Waals surface area contributed by atoms with Gasteiger partial charge in [-0.1, -0.05) is 60.1 Å². The molecule has 0 radical (unpaired) electrons. The summed E-state index contributed by atoms with van der Waals surface area (Å²) in [5.41, 5.74) is 1.82. The van der Waals surface area contributed by atoms with Crippen molar-refractivity contribution in [2.75, 3.05) is 31.1 Å². The molecule has 0 unspecified atom stereocenters. The fourth-order valence-corrected chi connectivity index (χ4v) is 3.93. The van der Waals surface area contributed by atoms with Gasteiger partial charge < -0.3 is 10.2 Å². The molecule has 0 saturated carbocycles. The van der Waals surface area contributed by atoms with E-state index < -0.39 is 0 Å². The molecule has 166 valence electrons. The Labute approximate surface area is 192 Å². The van der Waals surface area contributed by atoms with Crippen LogP contribution in [0.15, 0.2) is 71.5 Å². The van der Waals surface area contributed by atoms with Gasteiger partial charge in [-0.25, -0.2) is 4.68 Å². The fourth-order valence-electron chi connectivity index (χ4n) is 3.72. The van der Waals surface area contributed by atoms with Crippen LogP contribution < -0.4 is 15.8 Å². The summed E-state index contributed by atoms with van der Waals surface area (Å²) in [5.74, 6) is 0.423.